The summed E-state index contributed by atoms with van der Waals surface area (Å²) in [6.07, 6.45) is 0. The van der Waals surface area contributed by atoms with Crippen molar-refractivity contribution >= 4 is 27.5 Å². The van der Waals surface area contributed by atoms with Gasteiger partial charge in [-0.1, -0.05) is 45.7 Å². The number of rotatable bonds is 4. The van der Waals surface area contributed by atoms with Crippen molar-refractivity contribution in [2.75, 3.05) is 0 Å². The summed E-state index contributed by atoms with van der Waals surface area (Å²) in [4.78, 5) is 0. The van der Waals surface area contributed by atoms with E-state index < -0.39 is 0 Å². The molecule has 2 aromatic carbocycles. The molecule has 2 rings (SSSR count). The van der Waals surface area contributed by atoms with Crippen molar-refractivity contribution in [2.45, 2.75) is 20.1 Å². The summed E-state index contributed by atoms with van der Waals surface area (Å²) in [5, 5.41) is 0.634. The van der Waals surface area contributed by atoms with Gasteiger partial charge >= 0.3 is 0 Å². The Labute approximate surface area is 126 Å². The quantitative estimate of drug-likeness (QED) is 0.892. The summed E-state index contributed by atoms with van der Waals surface area (Å²) in [6, 6.07) is 11.8. The zero-order valence-electron chi connectivity index (χ0n) is 10.6. The highest BCUT2D eigenvalue weighted by Crippen LogP contribution is 2.27. The molecule has 0 saturated heterocycles. The van der Waals surface area contributed by atoms with E-state index >= 15 is 0 Å². The van der Waals surface area contributed by atoms with Gasteiger partial charge < -0.3 is 10.5 Å². The van der Waals surface area contributed by atoms with Crippen molar-refractivity contribution in [1.82, 2.24) is 0 Å². The lowest BCUT2D eigenvalue weighted by atomic mass is 10.1. The van der Waals surface area contributed by atoms with Gasteiger partial charge in [-0.15, -0.1) is 0 Å². The van der Waals surface area contributed by atoms with Crippen molar-refractivity contribution in [3.8, 4) is 5.75 Å². The van der Waals surface area contributed by atoms with Gasteiger partial charge in [0.2, 0.25) is 0 Å². The fraction of sp³-hybridized carbons (Fsp3) is 0.200. The Hall–Kier alpha value is -1.03. The molecule has 0 unspecified atom stereocenters. The lowest BCUT2D eigenvalue weighted by molar-refractivity contribution is 0.305. The van der Waals surface area contributed by atoms with Crippen LogP contribution in [0.5, 0.6) is 5.75 Å². The Morgan fingerprint density at radius 3 is 2.63 bits per heavy atom. The molecule has 0 aliphatic heterocycles. The van der Waals surface area contributed by atoms with Gasteiger partial charge in [0.15, 0.2) is 0 Å². The van der Waals surface area contributed by atoms with E-state index in [0.29, 0.717) is 23.9 Å². The second-order valence-electron chi connectivity index (χ2n) is 4.35. The molecule has 0 spiro atoms. The van der Waals surface area contributed by atoms with Crippen LogP contribution in [0, 0.1) is 6.92 Å². The molecule has 0 aliphatic carbocycles. The lowest BCUT2D eigenvalue weighted by Gasteiger charge is -2.10. The van der Waals surface area contributed by atoms with Crippen LogP contribution < -0.4 is 10.5 Å². The zero-order chi connectivity index (χ0) is 13.8. The van der Waals surface area contributed by atoms with Crippen molar-refractivity contribution in [2.24, 2.45) is 5.73 Å². The summed E-state index contributed by atoms with van der Waals surface area (Å²) in [6.45, 7) is 3.00. The average molecular weight is 341 g/mol. The second kappa shape index (κ2) is 6.42. The average Bonchev–Trinajstić information content (AvgIpc) is 2.39. The fourth-order valence-corrected chi connectivity index (χ4v) is 2.54. The van der Waals surface area contributed by atoms with E-state index in [1.54, 1.807) is 0 Å². The second-order valence-corrected chi connectivity index (χ2v) is 5.61. The minimum Gasteiger partial charge on any atom is -0.487 e. The Bertz CT molecular complexity index is 586. The van der Waals surface area contributed by atoms with Crippen LogP contribution in [0.4, 0.5) is 0 Å². The van der Waals surface area contributed by atoms with Gasteiger partial charge in [-0.3, -0.25) is 0 Å². The van der Waals surface area contributed by atoms with Gasteiger partial charge in [0.1, 0.15) is 12.4 Å². The third kappa shape index (κ3) is 3.72. The highest BCUT2D eigenvalue weighted by molar-refractivity contribution is 9.10. The first-order valence-corrected chi connectivity index (χ1v) is 7.13. The first kappa shape index (κ1) is 14.4. The third-order valence-electron chi connectivity index (χ3n) is 2.82. The van der Waals surface area contributed by atoms with Crippen molar-refractivity contribution in [3.63, 3.8) is 0 Å². The lowest BCUT2D eigenvalue weighted by Crippen LogP contribution is -2.00. The smallest absolute Gasteiger partial charge is 0.138 e. The van der Waals surface area contributed by atoms with Gasteiger partial charge in [-0.2, -0.15) is 0 Å². The summed E-state index contributed by atoms with van der Waals surface area (Å²) >= 11 is 9.65. The summed E-state index contributed by atoms with van der Waals surface area (Å²) in [5.41, 5.74) is 8.87. The fourth-order valence-electron chi connectivity index (χ4n) is 1.71. The molecule has 19 heavy (non-hydrogen) atoms. The number of ether oxygens (including phenoxy) is 1. The molecule has 0 amide bonds. The van der Waals surface area contributed by atoms with Crippen LogP contribution in [-0.2, 0) is 13.2 Å². The monoisotopic (exact) mass is 339 g/mol. The molecular weight excluding hydrogens is 326 g/mol. The standard InChI is InChI=1S/C15H15BrClNO/c1-10-2-5-15(14(17)6-10)19-9-12-4-3-11(8-18)7-13(12)16/h2-7H,8-9,18H2,1H3. The van der Waals surface area contributed by atoms with Crippen LogP contribution in [0.3, 0.4) is 0 Å². The molecule has 100 valence electrons. The highest BCUT2D eigenvalue weighted by atomic mass is 79.9. The number of hydrogen-bond acceptors (Lipinski definition) is 2. The summed E-state index contributed by atoms with van der Waals surface area (Å²) < 4.78 is 6.74. The maximum atomic E-state index is 6.13. The molecular formula is C15H15BrClNO. The molecule has 2 aromatic rings. The normalized spacial score (nSPS) is 10.5. The third-order valence-corrected chi connectivity index (χ3v) is 3.86. The molecule has 2 nitrogen and oxygen atoms in total. The molecule has 0 aromatic heterocycles. The molecule has 0 saturated carbocycles. The molecule has 0 fully saturated rings. The first-order valence-electron chi connectivity index (χ1n) is 5.96. The van der Waals surface area contributed by atoms with Crippen LogP contribution in [0.25, 0.3) is 0 Å². The maximum absolute atomic E-state index is 6.13. The molecule has 0 aliphatic rings. The van der Waals surface area contributed by atoms with Crippen LogP contribution >= 0.6 is 27.5 Å². The van der Waals surface area contributed by atoms with Gasteiger partial charge in [-0.25, -0.2) is 0 Å². The van der Waals surface area contributed by atoms with E-state index in [0.717, 1.165) is 21.2 Å². The predicted molar refractivity (Wildman–Crippen MR) is 82.6 cm³/mol. The molecule has 4 heteroatoms. The molecule has 0 bridgehead atoms. The van der Waals surface area contributed by atoms with E-state index in [9.17, 15) is 0 Å². The van der Waals surface area contributed by atoms with Crippen molar-refractivity contribution in [3.05, 3.63) is 62.6 Å². The Morgan fingerprint density at radius 1 is 1.21 bits per heavy atom. The highest BCUT2D eigenvalue weighted by Gasteiger charge is 2.05. The van der Waals surface area contributed by atoms with Crippen LogP contribution in [-0.4, -0.2) is 0 Å². The first-order chi connectivity index (χ1) is 9.10. The Morgan fingerprint density at radius 2 is 2.00 bits per heavy atom. The van der Waals surface area contributed by atoms with E-state index in [1.807, 2.05) is 43.3 Å². The number of hydrogen-bond donors (Lipinski definition) is 1. The Balaban J connectivity index is 2.10. The number of halogens is 2. The van der Waals surface area contributed by atoms with Gasteiger partial charge in [0, 0.05) is 16.6 Å². The van der Waals surface area contributed by atoms with E-state index in [4.69, 9.17) is 22.1 Å². The zero-order valence-corrected chi connectivity index (χ0v) is 13.0. The topological polar surface area (TPSA) is 35.2 Å². The van der Waals surface area contributed by atoms with Crippen LogP contribution in [0.1, 0.15) is 16.7 Å². The van der Waals surface area contributed by atoms with Gasteiger partial charge in [0.05, 0.1) is 5.02 Å². The summed E-state index contributed by atoms with van der Waals surface area (Å²) in [5.74, 6) is 0.696. The van der Waals surface area contributed by atoms with Crippen LogP contribution in [0.15, 0.2) is 40.9 Å². The van der Waals surface area contributed by atoms with E-state index in [2.05, 4.69) is 15.9 Å². The van der Waals surface area contributed by atoms with E-state index in [-0.39, 0.29) is 0 Å². The minimum absolute atomic E-state index is 0.466. The number of benzene rings is 2. The van der Waals surface area contributed by atoms with Crippen molar-refractivity contribution < 1.29 is 4.74 Å². The summed E-state index contributed by atoms with van der Waals surface area (Å²) in [7, 11) is 0. The van der Waals surface area contributed by atoms with Gasteiger partial charge in [-0.05, 0) is 36.2 Å². The van der Waals surface area contributed by atoms with Crippen LogP contribution in [0.2, 0.25) is 5.02 Å². The maximum Gasteiger partial charge on any atom is 0.138 e. The molecule has 2 N–H and O–H groups in total. The van der Waals surface area contributed by atoms with Crippen molar-refractivity contribution in [1.29, 1.82) is 0 Å². The van der Waals surface area contributed by atoms with E-state index in [1.165, 1.54) is 0 Å². The largest absolute Gasteiger partial charge is 0.487 e. The Kier molecular flexibility index (Phi) is 4.86. The number of aryl methyl sites for hydroxylation is 1. The molecule has 0 radical (unpaired) electrons. The SMILES string of the molecule is Cc1ccc(OCc2ccc(CN)cc2Br)c(Cl)c1. The van der Waals surface area contributed by atoms with Gasteiger partial charge in [0.25, 0.3) is 0 Å². The number of nitrogens with two attached hydrogens (primary N) is 1. The molecule has 0 heterocycles. The minimum atomic E-state index is 0.466. The predicted octanol–water partition coefficient (Wildman–Crippen LogP) is 4.45. The molecule has 0 atom stereocenters.